The minimum atomic E-state index is -0.729. The molecule has 32 heavy (non-hydrogen) atoms. The van der Waals surface area contributed by atoms with Gasteiger partial charge in [-0.3, -0.25) is 9.59 Å². The Morgan fingerprint density at radius 2 is 1.50 bits per heavy atom. The van der Waals surface area contributed by atoms with E-state index in [-0.39, 0.29) is 11.8 Å². The van der Waals surface area contributed by atoms with Crippen molar-refractivity contribution in [2.24, 2.45) is 0 Å². The normalized spacial score (nSPS) is 14.5. The fraction of sp³-hybridized carbons (Fsp3) is 0.231. The van der Waals surface area contributed by atoms with Crippen LogP contribution in [0.5, 0.6) is 5.75 Å². The molecule has 1 heterocycles. The summed E-state index contributed by atoms with van der Waals surface area (Å²) in [6, 6.07) is 25.6. The molecule has 0 aliphatic carbocycles. The third-order valence-corrected chi connectivity index (χ3v) is 5.70. The smallest absolute Gasteiger partial charge is 0.252 e. The highest BCUT2D eigenvalue weighted by Gasteiger charge is 2.30. The molecule has 0 saturated carbocycles. The molecular weight excluding hydrogens is 402 g/mol. The van der Waals surface area contributed by atoms with Gasteiger partial charge in [-0.05, 0) is 29.8 Å². The Bertz CT molecular complexity index is 1050. The Morgan fingerprint density at radius 3 is 2.16 bits per heavy atom. The summed E-state index contributed by atoms with van der Waals surface area (Å²) in [6.45, 7) is 2.60. The lowest BCUT2D eigenvalue weighted by atomic mass is 10.0. The Balaban J connectivity index is 1.47. The van der Waals surface area contributed by atoms with Crippen LogP contribution in [0.2, 0.25) is 0 Å². The van der Waals surface area contributed by atoms with Gasteiger partial charge in [0.1, 0.15) is 11.8 Å². The second kappa shape index (κ2) is 10.0. The van der Waals surface area contributed by atoms with Gasteiger partial charge >= 0.3 is 0 Å². The van der Waals surface area contributed by atoms with Crippen molar-refractivity contribution < 1.29 is 14.3 Å². The Morgan fingerprint density at radius 1 is 0.844 bits per heavy atom. The summed E-state index contributed by atoms with van der Waals surface area (Å²) in [5.74, 6) is 0.461. The van der Waals surface area contributed by atoms with Crippen LogP contribution < -0.4 is 15.0 Å². The molecular formula is C26H27N3O3. The van der Waals surface area contributed by atoms with Gasteiger partial charge in [-0.25, -0.2) is 0 Å². The highest BCUT2D eigenvalue weighted by atomic mass is 16.5. The van der Waals surface area contributed by atoms with Gasteiger partial charge in [0.15, 0.2) is 0 Å². The van der Waals surface area contributed by atoms with Crippen molar-refractivity contribution in [1.29, 1.82) is 0 Å². The van der Waals surface area contributed by atoms with Crippen molar-refractivity contribution in [3.05, 3.63) is 96.1 Å². The highest BCUT2D eigenvalue weighted by molar-refractivity contribution is 5.97. The molecule has 6 nitrogen and oxygen atoms in total. The summed E-state index contributed by atoms with van der Waals surface area (Å²) in [5, 5.41) is 2.94. The number of rotatable bonds is 6. The lowest BCUT2D eigenvalue weighted by Gasteiger charge is -2.37. The molecule has 3 aromatic rings. The maximum atomic E-state index is 13.5. The molecule has 164 valence electrons. The molecule has 1 fully saturated rings. The number of anilines is 1. The second-order valence-electron chi connectivity index (χ2n) is 7.70. The second-order valence-corrected chi connectivity index (χ2v) is 7.70. The molecule has 2 amide bonds. The number of ether oxygens (including phenoxy) is 1. The van der Waals surface area contributed by atoms with Crippen LogP contribution in [0.25, 0.3) is 0 Å². The van der Waals surface area contributed by atoms with Crippen molar-refractivity contribution >= 4 is 17.5 Å². The largest absolute Gasteiger partial charge is 0.497 e. The molecule has 0 spiro atoms. The SMILES string of the molecule is COc1cccc(N2CCN(C(=O)C(NC(=O)c3ccccc3)c3ccccc3)CC2)c1. The minimum Gasteiger partial charge on any atom is -0.497 e. The molecule has 4 rings (SSSR count). The van der Waals surface area contributed by atoms with E-state index in [1.807, 2.05) is 77.7 Å². The quantitative estimate of drug-likeness (QED) is 0.651. The van der Waals surface area contributed by atoms with E-state index in [0.717, 1.165) is 17.0 Å². The Hall–Kier alpha value is -3.80. The summed E-state index contributed by atoms with van der Waals surface area (Å²) in [6.07, 6.45) is 0. The van der Waals surface area contributed by atoms with E-state index in [1.165, 1.54) is 0 Å². The van der Waals surface area contributed by atoms with Gasteiger partial charge < -0.3 is 19.9 Å². The summed E-state index contributed by atoms with van der Waals surface area (Å²) in [4.78, 5) is 30.4. The monoisotopic (exact) mass is 429 g/mol. The van der Waals surface area contributed by atoms with E-state index in [2.05, 4.69) is 10.2 Å². The maximum absolute atomic E-state index is 13.5. The average molecular weight is 430 g/mol. The first kappa shape index (κ1) is 21.4. The maximum Gasteiger partial charge on any atom is 0.252 e. The number of piperazine rings is 1. The number of nitrogens with one attached hydrogen (secondary N) is 1. The first-order valence-corrected chi connectivity index (χ1v) is 10.7. The zero-order chi connectivity index (χ0) is 22.3. The fourth-order valence-corrected chi connectivity index (χ4v) is 3.91. The van der Waals surface area contributed by atoms with Gasteiger partial charge in [0.25, 0.3) is 5.91 Å². The van der Waals surface area contributed by atoms with Crippen LogP contribution in [0.3, 0.4) is 0 Å². The number of benzene rings is 3. The van der Waals surface area contributed by atoms with Crippen molar-refractivity contribution in [2.75, 3.05) is 38.2 Å². The number of nitrogens with zero attached hydrogens (tertiary/aromatic N) is 2. The van der Waals surface area contributed by atoms with Crippen LogP contribution in [0.1, 0.15) is 22.0 Å². The Labute approximate surface area is 188 Å². The average Bonchev–Trinajstić information content (AvgIpc) is 2.88. The summed E-state index contributed by atoms with van der Waals surface area (Å²) in [5.41, 5.74) is 2.38. The van der Waals surface area contributed by atoms with Crippen LogP contribution in [0, 0.1) is 0 Å². The summed E-state index contributed by atoms with van der Waals surface area (Å²) >= 11 is 0. The van der Waals surface area contributed by atoms with Gasteiger partial charge in [0.2, 0.25) is 5.91 Å². The number of carbonyl (C=O) groups is 2. The van der Waals surface area contributed by atoms with Gasteiger partial charge in [-0.1, -0.05) is 54.6 Å². The molecule has 1 atom stereocenters. The van der Waals surface area contributed by atoms with Crippen molar-refractivity contribution in [2.45, 2.75) is 6.04 Å². The molecule has 1 aliphatic rings. The van der Waals surface area contributed by atoms with E-state index in [9.17, 15) is 9.59 Å². The Kier molecular flexibility index (Phi) is 6.70. The van der Waals surface area contributed by atoms with E-state index >= 15 is 0 Å². The van der Waals surface area contributed by atoms with E-state index in [1.54, 1.807) is 19.2 Å². The number of carbonyl (C=O) groups excluding carboxylic acids is 2. The van der Waals surface area contributed by atoms with E-state index < -0.39 is 6.04 Å². The third kappa shape index (κ3) is 4.91. The third-order valence-electron chi connectivity index (χ3n) is 5.70. The number of methoxy groups -OCH3 is 1. The zero-order valence-corrected chi connectivity index (χ0v) is 18.1. The molecule has 3 aromatic carbocycles. The first-order valence-electron chi connectivity index (χ1n) is 10.7. The van der Waals surface area contributed by atoms with Crippen LogP contribution >= 0.6 is 0 Å². The standard InChI is InChI=1S/C26H27N3O3/c1-32-23-14-8-13-22(19-23)28-15-17-29(18-16-28)26(31)24(20-9-4-2-5-10-20)27-25(30)21-11-6-3-7-12-21/h2-14,19,24H,15-18H2,1H3,(H,27,30). The van der Waals surface area contributed by atoms with Crippen LogP contribution in [-0.4, -0.2) is 50.0 Å². The van der Waals surface area contributed by atoms with Gasteiger partial charge in [0.05, 0.1) is 7.11 Å². The number of amides is 2. The zero-order valence-electron chi connectivity index (χ0n) is 18.1. The summed E-state index contributed by atoms with van der Waals surface area (Å²) < 4.78 is 5.33. The van der Waals surface area contributed by atoms with E-state index in [0.29, 0.717) is 31.7 Å². The molecule has 0 bridgehead atoms. The molecule has 6 heteroatoms. The van der Waals surface area contributed by atoms with Crippen molar-refractivity contribution in [1.82, 2.24) is 10.2 Å². The van der Waals surface area contributed by atoms with E-state index in [4.69, 9.17) is 4.74 Å². The molecule has 0 radical (unpaired) electrons. The van der Waals surface area contributed by atoms with Gasteiger partial charge in [0, 0.05) is 43.5 Å². The number of hydrogen-bond donors (Lipinski definition) is 1. The minimum absolute atomic E-state index is 0.0919. The fourth-order valence-electron chi connectivity index (χ4n) is 3.91. The predicted octanol–water partition coefficient (Wildman–Crippen LogP) is 3.52. The molecule has 1 saturated heterocycles. The number of hydrogen-bond acceptors (Lipinski definition) is 4. The van der Waals surface area contributed by atoms with Crippen LogP contribution in [0.15, 0.2) is 84.9 Å². The molecule has 1 aliphatic heterocycles. The van der Waals surface area contributed by atoms with Crippen LogP contribution in [0.4, 0.5) is 5.69 Å². The highest BCUT2D eigenvalue weighted by Crippen LogP contribution is 2.23. The van der Waals surface area contributed by atoms with Gasteiger partial charge in [-0.2, -0.15) is 0 Å². The first-order chi connectivity index (χ1) is 15.7. The molecule has 0 aromatic heterocycles. The predicted molar refractivity (Wildman–Crippen MR) is 125 cm³/mol. The van der Waals surface area contributed by atoms with Crippen molar-refractivity contribution in [3.8, 4) is 5.75 Å². The summed E-state index contributed by atoms with van der Waals surface area (Å²) in [7, 11) is 1.66. The lowest BCUT2D eigenvalue weighted by molar-refractivity contribution is -0.133. The van der Waals surface area contributed by atoms with Crippen LogP contribution in [-0.2, 0) is 4.79 Å². The topological polar surface area (TPSA) is 61.9 Å². The lowest BCUT2D eigenvalue weighted by Crippen LogP contribution is -2.52. The molecule has 1 N–H and O–H groups in total. The molecule has 1 unspecified atom stereocenters. The van der Waals surface area contributed by atoms with Crippen molar-refractivity contribution in [3.63, 3.8) is 0 Å². The van der Waals surface area contributed by atoms with Gasteiger partial charge in [-0.15, -0.1) is 0 Å².